The van der Waals surface area contributed by atoms with E-state index in [1.807, 2.05) is 23.6 Å². The fraction of sp³-hybridized carbons (Fsp3) is 0.308. The molecule has 4 rings (SSSR count). The highest BCUT2D eigenvalue weighted by Crippen LogP contribution is 2.36. The maximum absolute atomic E-state index is 13.7. The summed E-state index contributed by atoms with van der Waals surface area (Å²) in [6, 6.07) is 15.8. The van der Waals surface area contributed by atoms with Gasteiger partial charge >= 0.3 is 0 Å². The molecule has 1 heterocycles. The molecular formula is C26H27FN2O3S. The van der Waals surface area contributed by atoms with Gasteiger partial charge in [-0.15, -0.1) is 11.3 Å². The quantitative estimate of drug-likeness (QED) is 0.492. The van der Waals surface area contributed by atoms with Crippen molar-refractivity contribution < 1.29 is 18.7 Å². The number of carbonyl (C=O) groups is 2. The number of nitrogens with zero attached hydrogens (tertiary/aromatic N) is 1. The Kier molecular flexibility index (Phi) is 7.40. The largest absolute Gasteiger partial charge is 0.495 e. The molecule has 1 aliphatic rings. The van der Waals surface area contributed by atoms with E-state index in [-0.39, 0.29) is 24.3 Å². The molecule has 0 radical (unpaired) electrons. The number of amides is 2. The van der Waals surface area contributed by atoms with Crippen LogP contribution < -0.4 is 15.0 Å². The number of anilines is 1. The van der Waals surface area contributed by atoms with Crippen molar-refractivity contribution in [3.63, 3.8) is 0 Å². The topological polar surface area (TPSA) is 58.6 Å². The molecule has 33 heavy (non-hydrogen) atoms. The Hall–Kier alpha value is -3.19. The van der Waals surface area contributed by atoms with Gasteiger partial charge in [-0.05, 0) is 54.1 Å². The van der Waals surface area contributed by atoms with Crippen molar-refractivity contribution in [2.45, 2.75) is 44.2 Å². The minimum Gasteiger partial charge on any atom is -0.495 e. The number of benzene rings is 2. The second-order valence-corrected chi connectivity index (χ2v) is 9.17. The zero-order chi connectivity index (χ0) is 23.2. The average molecular weight is 467 g/mol. The Morgan fingerprint density at radius 1 is 1.09 bits per heavy atom. The molecule has 1 atom stereocenters. The van der Waals surface area contributed by atoms with E-state index >= 15 is 0 Å². The van der Waals surface area contributed by atoms with Crippen molar-refractivity contribution in [2.75, 3.05) is 12.0 Å². The first-order chi connectivity index (χ1) is 16.1. The Morgan fingerprint density at radius 2 is 1.82 bits per heavy atom. The van der Waals surface area contributed by atoms with E-state index in [0.717, 1.165) is 30.6 Å². The lowest BCUT2D eigenvalue weighted by Crippen LogP contribution is -2.47. The van der Waals surface area contributed by atoms with Gasteiger partial charge in [-0.1, -0.05) is 43.2 Å². The molecule has 0 aliphatic heterocycles. The number of hydrogen-bond acceptors (Lipinski definition) is 4. The summed E-state index contributed by atoms with van der Waals surface area (Å²) in [6.45, 7) is 0. The number of thiophene rings is 1. The molecule has 5 nitrogen and oxygen atoms in total. The van der Waals surface area contributed by atoms with Gasteiger partial charge in [0.05, 0.1) is 19.2 Å². The molecule has 2 amide bonds. The summed E-state index contributed by atoms with van der Waals surface area (Å²) in [5.74, 6) is -0.433. The zero-order valence-corrected chi connectivity index (χ0v) is 19.3. The van der Waals surface area contributed by atoms with E-state index in [4.69, 9.17) is 4.74 Å². The lowest BCUT2D eigenvalue weighted by atomic mass is 10.0. The van der Waals surface area contributed by atoms with Crippen LogP contribution >= 0.6 is 11.3 Å². The van der Waals surface area contributed by atoms with Crippen LogP contribution in [-0.4, -0.2) is 25.0 Å². The molecule has 0 bridgehead atoms. The summed E-state index contributed by atoms with van der Waals surface area (Å²) in [6.07, 6.45) is 4.11. The molecule has 0 spiro atoms. The van der Waals surface area contributed by atoms with E-state index in [0.29, 0.717) is 17.0 Å². The summed E-state index contributed by atoms with van der Waals surface area (Å²) < 4.78 is 19.3. The van der Waals surface area contributed by atoms with Crippen LogP contribution in [0.5, 0.6) is 5.75 Å². The van der Waals surface area contributed by atoms with Gasteiger partial charge in [0.2, 0.25) is 11.8 Å². The monoisotopic (exact) mass is 466 g/mol. The van der Waals surface area contributed by atoms with Crippen molar-refractivity contribution >= 4 is 28.8 Å². The summed E-state index contributed by atoms with van der Waals surface area (Å²) in [5, 5.41) is 5.05. The van der Waals surface area contributed by atoms with Crippen LogP contribution in [0.15, 0.2) is 66.0 Å². The van der Waals surface area contributed by atoms with Crippen LogP contribution in [0.3, 0.4) is 0 Å². The summed E-state index contributed by atoms with van der Waals surface area (Å²) in [5.41, 5.74) is 1.04. The van der Waals surface area contributed by atoms with Crippen LogP contribution in [0.2, 0.25) is 0 Å². The molecule has 0 saturated heterocycles. The second-order valence-electron chi connectivity index (χ2n) is 8.14. The van der Waals surface area contributed by atoms with Gasteiger partial charge < -0.3 is 10.1 Å². The number of halogens is 1. The number of methoxy groups -OCH3 is 1. The Bertz CT molecular complexity index is 1080. The van der Waals surface area contributed by atoms with Gasteiger partial charge in [-0.3, -0.25) is 14.5 Å². The maximum Gasteiger partial charge on any atom is 0.248 e. The highest BCUT2D eigenvalue weighted by Gasteiger charge is 2.35. The molecule has 1 saturated carbocycles. The Morgan fingerprint density at radius 3 is 2.48 bits per heavy atom. The van der Waals surface area contributed by atoms with E-state index < -0.39 is 11.9 Å². The predicted octanol–water partition coefficient (Wildman–Crippen LogP) is 5.27. The molecule has 7 heteroatoms. The van der Waals surface area contributed by atoms with Crippen LogP contribution in [0.25, 0.3) is 0 Å². The molecule has 172 valence electrons. The van der Waals surface area contributed by atoms with E-state index in [2.05, 4.69) is 5.32 Å². The van der Waals surface area contributed by atoms with Gasteiger partial charge in [0.1, 0.15) is 17.6 Å². The van der Waals surface area contributed by atoms with Crippen molar-refractivity contribution in [3.8, 4) is 5.75 Å². The number of para-hydroxylation sites is 2. The zero-order valence-electron chi connectivity index (χ0n) is 18.5. The van der Waals surface area contributed by atoms with Crippen molar-refractivity contribution in [1.82, 2.24) is 5.32 Å². The lowest BCUT2D eigenvalue weighted by molar-refractivity contribution is -0.127. The minimum absolute atomic E-state index is 0.0763. The van der Waals surface area contributed by atoms with Crippen LogP contribution in [0.4, 0.5) is 10.1 Å². The van der Waals surface area contributed by atoms with Crippen molar-refractivity contribution in [1.29, 1.82) is 0 Å². The summed E-state index contributed by atoms with van der Waals surface area (Å²) in [7, 11) is 1.53. The molecule has 1 N–H and O–H groups in total. The fourth-order valence-corrected chi connectivity index (χ4v) is 5.00. The highest BCUT2D eigenvalue weighted by atomic mass is 32.1. The van der Waals surface area contributed by atoms with Crippen molar-refractivity contribution in [2.24, 2.45) is 0 Å². The van der Waals surface area contributed by atoms with Crippen LogP contribution in [0.1, 0.15) is 42.2 Å². The smallest absolute Gasteiger partial charge is 0.248 e. The first-order valence-corrected chi connectivity index (χ1v) is 12.0. The molecule has 1 fully saturated rings. The minimum atomic E-state index is -0.963. The van der Waals surface area contributed by atoms with Crippen LogP contribution in [-0.2, 0) is 16.0 Å². The first-order valence-electron chi connectivity index (χ1n) is 11.1. The summed E-state index contributed by atoms with van der Waals surface area (Å²) >= 11 is 1.49. The number of carbonyl (C=O) groups excluding carboxylic acids is 2. The number of rotatable bonds is 8. The third-order valence-corrected chi connectivity index (χ3v) is 6.79. The predicted molar refractivity (Wildman–Crippen MR) is 128 cm³/mol. The fourth-order valence-electron chi connectivity index (χ4n) is 4.31. The molecule has 1 aliphatic carbocycles. The van der Waals surface area contributed by atoms with Gasteiger partial charge in [-0.25, -0.2) is 4.39 Å². The SMILES string of the molecule is COc1ccccc1N(C(=O)Cc1cccs1)[C@@H](C(=O)NC1CCCC1)c1ccc(F)cc1. The highest BCUT2D eigenvalue weighted by molar-refractivity contribution is 7.10. The molecular weight excluding hydrogens is 439 g/mol. The van der Waals surface area contributed by atoms with Gasteiger partial charge in [0, 0.05) is 10.9 Å². The number of ether oxygens (including phenoxy) is 1. The lowest BCUT2D eigenvalue weighted by Gasteiger charge is -2.33. The van der Waals surface area contributed by atoms with Crippen LogP contribution in [0, 0.1) is 5.82 Å². The van der Waals surface area contributed by atoms with E-state index in [9.17, 15) is 14.0 Å². The second kappa shape index (κ2) is 10.6. The molecule has 2 aromatic carbocycles. The maximum atomic E-state index is 13.7. The van der Waals surface area contributed by atoms with Crippen molar-refractivity contribution in [3.05, 3.63) is 82.3 Å². The van der Waals surface area contributed by atoms with E-state index in [1.54, 1.807) is 30.3 Å². The van der Waals surface area contributed by atoms with Gasteiger partial charge in [0.15, 0.2) is 0 Å². The third kappa shape index (κ3) is 5.42. The normalized spacial score (nSPS) is 14.6. The number of nitrogens with one attached hydrogen (secondary N) is 1. The number of hydrogen-bond donors (Lipinski definition) is 1. The Balaban J connectivity index is 1.79. The standard InChI is InChI=1S/C26H27FN2O3S/c1-32-23-11-5-4-10-22(23)29(24(30)17-21-9-6-16-33-21)25(18-12-14-19(27)15-13-18)26(31)28-20-7-2-3-8-20/h4-6,9-16,20,25H,2-3,7-8,17H2,1H3,(H,28,31)/t25-/m1/s1. The molecule has 1 aromatic heterocycles. The van der Waals surface area contributed by atoms with E-state index in [1.165, 1.54) is 35.5 Å². The Labute approximate surface area is 197 Å². The molecule has 0 unspecified atom stereocenters. The first kappa shape index (κ1) is 23.0. The average Bonchev–Trinajstić information content (AvgIpc) is 3.52. The van der Waals surface area contributed by atoms with Gasteiger partial charge in [0.25, 0.3) is 0 Å². The summed E-state index contributed by atoms with van der Waals surface area (Å²) in [4.78, 5) is 29.8. The third-order valence-electron chi connectivity index (χ3n) is 5.91. The molecule has 3 aromatic rings. The van der Waals surface area contributed by atoms with Gasteiger partial charge in [-0.2, -0.15) is 0 Å².